The smallest absolute Gasteiger partial charge is 0.335 e. The van der Waals surface area contributed by atoms with Crippen LogP contribution in [-0.2, 0) is 4.79 Å². The van der Waals surface area contributed by atoms with E-state index in [2.05, 4.69) is 0 Å². The van der Waals surface area contributed by atoms with E-state index in [1.807, 2.05) is 0 Å². The van der Waals surface area contributed by atoms with Gasteiger partial charge < -0.3 is 21.1 Å². The molecule has 0 saturated carbocycles. The molecule has 0 amide bonds. The van der Waals surface area contributed by atoms with E-state index in [9.17, 15) is 14.3 Å². The van der Waals surface area contributed by atoms with Crippen LogP contribution >= 0.6 is 0 Å². The molecule has 0 aliphatic heterocycles. The number of nitrogens with two attached hydrogens (primary N) is 1. The van der Waals surface area contributed by atoms with Gasteiger partial charge in [-0.15, -0.1) is 0 Å². The number of aryl methyl sites for hydroxylation is 1. The van der Waals surface area contributed by atoms with E-state index < -0.39 is 24.0 Å². The van der Waals surface area contributed by atoms with Gasteiger partial charge in [-0.25, -0.2) is 9.18 Å². The second kappa shape index (κ2) is 4.46. The molecule has 2 atom stereocenters. The molecule has 0 aromatic heterocycles. The van der Waals surface area contributed by atoms with Crippen LogP contribution in [0.1, 0.15) is 17.2 Å². The highest BCUT2D eigenvalue weighted by atomic mass is 19.1. The molecular formula is C10H12FNO4. The molecule has 2 unspecified atom stereocenters. The Bertz CT molecular complexity index is 422. The predicted octanol–water partition coefficient (Wildman–Crippen LogP) is 0.195. The van der Waals surface area contributed by atoms with Crippen LogP contribution in [0, 0.1) is 12.7 Å². The summed E-state index contributed by atoms with van der Waals surface area (Å²) < 4.78 is 13.4. The largest absolute Gasteiger partial charge is 0.479 e. The number of aliphatic carboxylic acids is 1. The summed E-state index contributed by atoms with van der Waals surface area (Å²) in [6.07, 6.45) is -3.89. The number of carboxylic acid groups (broad SMARTS) is 1. The zero-order chi connectivity index (χ0) is 12.5. The summed E-state index contributed by atoms with van der Waals surface area (Å²) in [6.45, 7) is 1.58. The summed E-state index contributed by atoms with van der Waals surface area (Å²) in [5, 5.41) is 27.0. The molecule has 0 fully saturated rings. The lowest BCUT2D eigenvalue weighted by Gasteiger charge is -2.16. The van der Waals surface area contributed by atoms with Crippen LogP contribution in [0.4, 0.5) is 10.1 Å². The molecule has 0 radical (unpaired) electrons. The summed E-state index contributed by atoms with van der Waals surface area (Å²) in [6, 6.07) is 2.18. The van der Waals surface area contributed by atoms with Crippen LogP contribution in [0.5, 0.6) is 0 Å². The quantitative estimate of drug-likeness (QED) is 0.554. The predicted molar refractivity (Wildman–Crippen MR) is 54.2 cm³/mol. The van der Waals surface area contributed by atoms with Crippen LogP contribution in [0.15, 0.2) is 12.1 Å². The van der Waals surface area contributed by atoms with Gasteiger partial charge in [0, 0.05) is 11.3 Å². The first-order valence-electron chi connectivity index (χ1n) is 4.49. The minimum atomic E-state index is -2.07. The number of carbonyl (C=O) groups is 1. The lowest BCUT2D eigenvalue weighted by atomic mass is 10.0. The number of benzene rings is 1. The molecule has 0 spiro atoms. The Morgan fingerprint density at radius 1 is 1.44 bits per heavy atom. The molecule has 1 aromatic carbocycles. The Morgan fingerprint density at radius 3 is 2.50 bits per heavy atom. The molecule has 0 heterocycles. The van der Waals surface area contributed by atoms with E-state index in [0.717, 1.165) is 6.07 Å². The Labute approximate surface area is 90.9 Å². The Balaban J connectivity index is 3.13. The molecular weight excluding hydrogens is 217 g/mol. The highest BCUT2D eigenvalue weighted by Gasteiger charge is 2.27. The van der Waals surface area contributed by atoms with Gasteiger partial charge in [0.15, 0.2) is 6.10 Å². The van der Waals surface area contributed by atoms with Gasteiger partial charge in [0.1, 0.15) is 11.9 Å². The highest BCUT2D eigenvalue weighted by Crippen LogP contribution is 2.25. The molecule has 0 saturated heterocycles. The number of rotatable bonds is 3. The third-order valence-electron chi connectivity index (χ3n) is 2.26. The lowest BCUT2D eigenvalue weighted by molar-refractivity contribution is -0.153. The number of carboxylic acids is 1. The van der Waals surface area contributed by atoms with E-state index in [-0.39, 0.29) is 11.3 Å². The van der Waals surface area contributed by atoms with Crippen molar-refractivity contribution in [3.8, 4) is 0 Å². The van der Waals surface area contributed by atoms with E-state index in [1.165, 1.54) is 6.07 Å². The molecule has 88 valence electrons. The summed E-state index contributed by atoms with van der Waals surface area (Å²) in [4.78, 5) is 10.4. The van der Waals surface area contributed by atoms with Crippen LogP contribution in [0.25, 0.3) is 0 Å². The standard InChI is InChI=1S/C10H12FNO4/c1-4-2-5(6(11)3-7(4)12)8(13)9(14)10(15)16/h2-3,8-9,13-14H,12H2,1H3,(H,15,16). The van der Waals surface area contributed by atoms with E-state index in [0.29, 0.717) is 5.56 Å². The van der Waals surface area contributed by atoms with Crippen molar-refractivity contribution in [1.29, 1.82) is 0 Å². The Hall–Kier alpha value is -1.66. The molecule has 0 bridgehead atoms. The van der Waals surface area contributed by atoms with Crippen molar-refractivity contribution in [2.24, 2.45) is 0 Å². The fourth-order valence-electron chi connectivity index (χ4n) is 1.25. The lowest BCUT2D eigenvalue weighted by Crippen LogP contribution is -2.28. The zero-order valence-electron chi connectivity index (χ0n) is 8.51. The Morgan fingerprint density at radius 2 is 2.00 bits per heavy atom. The number of aliphatic hydroxyl groups excluding tert-OH is 2. The maximum Gasteiger partial charge on any atom is 0.335 e. The fraction of sp³-hybridized carbons (Fsp3) is 0.300. The van der Waals surface area contributed by atoms with Crippen molar-refractivity contribution in [2.75, 3.05) is 5.73 Å². The van der Waals surface area contributed by atoms with Crippen molar-refractivity contribution in [3.63, 3.8) is 0 Å². The van der Waals surface area contributed by atoms with Crippen LogP contribution in [0.3, 0.4) is 0 Å². The van der Waals surface area contributed by atoms with Gasteiger partial charge in [-0.05, 0) is 24.6 Å². The van der Waals surface area contributed by atoms with Gasteiger partial charge in [-0.1, -0.05) is 0 Å². The van der Waals surface area contributed by atoms with Crippen LogP contribution < -0.4 is 5.73 Å². The number of aliphatic hydroxyl groups is 2. The van der Waals surface area contributed by atoms with E-state index in [1.54, 1.807) is 6.92 Å². The van der Waals surface area contributed by atoms with Gasteiger partial charge in [-0.2, -0.15) is 0 Å². The molecule has 6 heteroatoms. The first-order valence-corrected chi connectivity index (χ1v) is 4.49. The Kier molecular flexibility index (Phi) is 3.46. The van der Waals surface area contributed by atoms with Gasteiger partial charge >= 0.3 is 5.97 Å². The molecule has 5 nitrogen and oxygen atoms in total. The van der Waals surface area contributed by atoms with Crippen molar-refractivity contribution in [3.05, 3.63) is 29.1 Å². The molecule has 0 aliphatic rings. The average molecular weight is 229 g/mol. The maximum absolute atomic E-state index is 13.4. The van der Waals surface area contributed by atoms with Crippen LogP contribution in [-0.4, -0.2) is 27.4 Å². The van der Waals surface area contributed by atoms with E-state index >= 15 is 0 Å². The minimum Gasteiger partial charge on any atom is -0.479 e. The van der Waals surface area contributed by atoms with Crippen molar-refractivity contribution < 1.29 is 24.5 Å². The highest BCUT2D eigenvalue weighted by molar-refractivity contribution is 5.73. The zero-order valence-corrected chi connectivity index (χ0v) is 8.51. The normalized spacial score (nSPS) is 14.5. The SMILES string of the molecule is Cc1cc(C(O)C(O)C(=O)O)c(F)cc1N. The molecule has 1 aromatic rings. The number of hydrogen-bond acceptors (Lipinski definition) is 4. The number of anilines is 1. The number of hydrogen-bond donors (Lipinski definition) is 4. The second-order valence-corrected chi connectivity index (χ2v) is 3.46. The molecule has 0 aliphatic carbocycles. The first-order chi connectivity index (χ1) is 7.34. The van der Waals surface area contributed by atoms with E-state index in [4.69, 9.17) is 15.9 Å². The van der Waals surface area contributed by atoms with Crippen molar-refractivity contribution in [1.82, 2.24) is 0 Å². The van der Waals surface area contributed by atoms with Crippen molar-refractivity contribution in [2.45, 2.75) is 19.1 Å². The molecule has 5 N–H and O–H groups in total. The summed E-state index contributed by atoms with van der Waals surface area (Å²) in [5.74, 6) is -2.47. The summed E-state index contributed by atoms with van der Waals surface area (Å²) in [5.41, 5.74) is 5.82. The average Bonchev–Trinajstić information content (AvgIpc) is 2.21. The second-order valence-electron chi connectivity index (χ2n) is 3.46. The van der Waals surface area contributed by atoms with Crippen molar-refractivity contribution >= 4 is 11.7 Å². The van der Waals surface area contributed by atoms with Gasteiger partial charge in [0.25, 0.3) is 0 Å². The minimum absolute atomic E-state index is 0.193. The monoisotopic (exact) mass is 229 g/mol. The number of nitrogen functional groups attached to an aromatic ring is 1. The van der Waals surface area contributed by atoms with Gasteiger partial charge in [0.2, 0.25) is 0 Å². The molecule has 1 rings (SSSR count). The molecule has 16 heavy (non-hydrogen) atoms. The van der Waals surface area contributed by atoms with Gasteiger partial charge in [0.05, 0.1) is 0 Å². The summed E-state index contributed by atoms with van der Waals surface area (Å²) >= 11 is 0. The van der Waals surface area contributed by atoms with Crippen LogP contribution in [0.2, 0.25) is 0 Å². The first kappa shape index (κ1) is 12.4. The third-order valence-corrected chi connectivity index (χ3v) is 2.26. The van der Waals surface area contributed by atoms with Gasteiger partial charge in [-0.3, -0.25) is 0 Å². The number of halogens is 1. The topological polar surface area (TPSA) is 104 Å². The third kappa shape index (κ3) is 2.29. The fourth-order valence-corrected chi connectivity index (χ4v) is 1.25. The maximum atomic E-state index is 13.4. The summed E-state index contributed by atoms with van der Waals surface area (Å²) in [7, 11) is 0.